The average Bonchev–Trinajstić information content (AvgIpc) is 2.87. The zero-order chi connectivity index (χ0) is 14.8. The van der Waals surface area contributed by atoms with E-state index in [9.17, 15) is 0 Å². The van der Waals surface area contributed by atoms with Crippen LogP contribution >= 0.6 is 23.2 Å². The van der Waals surface area contributed by atoms with Crippen LogP contribution in [-0.2, 0) is 5.88 Å². The summed E-state index contributed by atoms with van der Waals surface area (Å²) in [5, 5.41) is 0.715. The molecule has 1 heterocycles. The molecular weight excluding hydrogens is 303 g/mol. The summed E-state index contributed by atoms with van der Waals surface area (Å²) in [6.45, 7) is 2.17. The fourth-order valence-electron chi connectivity index (χ4n) is 2.80. The Morgan fingerprint density at radius 3 is 2.57 bits per heavy atom. The molecule has 3 aromatic rings. The van der Waals surface area contributed by atoms with Gasteiger partial charge in [0.05, 0.1) is 23.0 Å². The van der Waals surface area contributed by atoms with Crippen molar-refractivity contribution in [3.05, 3.63) is 64.9 Å². The standard InChI is InChI=1S/C17H16Cl2N2/c1-2-15(12-6-4-3-5-7-12)21-16-10-13(19)8-9-14(16)20-17(21)11-18/h3-10,15H,2,11H2,1H3. The highest BCUT2D eigenvalue weighted by atomic mass is 35.5. The molecule has 0 amide bonds. The summed E-state index contributed by atoms with van der Waals surface area (Å²) in [5.41, 5.74) is 3.23. The van der Waals surface area contributed by atoms with E-state index in [4.69, 9.17) is 23.2 Å². The Labute approximate surface area is 134 Å². The quantitative estimate of drug-likeness (QED) is 0.586. The first-order valence-corrected chi connectivity index (χ1v) is 7.93. The van der Waals surface area contributed by atoms with Gasteiger partial charge in [0.15, 0.2) is 0 Å². The molecule has 0 radical (unpaired) electrons. The molecule has 4 heteroatoms. The summed E-state index contributed by atoms with van der Waals surface area (Å²) in [4.78, 5) is 4.64. The second kappa shape index (κ2) is 6.08. The molecule has 0 aliphatic heterocycles. The highest BCUT2D eigenvalue weighted by molar-refractivity contribution is 6.31. The maximum atomic E-state index is 6.16. The number of benzene rings is 2. The molecule has 1 atom stereocenters. The van der Waals surface area contributed by atoms with Crippen LogP contribution in [0.3, 0.4) is 0 Å². The van der Waals surface area contributed by atoms with Crippen LogP contribution in [-0.4, -0.2) is 9.55 Å². The van der Waals surface area contributed by atoms with Gasteiger partial charge in [0.2, 0.25) is 0 Å². The maximum absolute atomic E-state index is 6.16. The maximum Gasteiger partial charge on any atom is 0.125 e. The van der Waals surface area contributed by atoms with Gasteiger partial charge < -0.3 is 4.57 Å². The lowest BCUT2D eigenvalue weighted by atomic mass is 10.0. The van der Waals surface area contributed by atoms with Crippen molar-refractivity contribution in [3.63, 3.8) is 0 Å². The molecule has 0 saturated heterocycles. The van der Waals surface area contributed by atoms with Gasteiger partial charge in [0.1, 0.15) is 5.82 Å². The van der Waals surface area contributed by atoms with Crippen molar-refractivity contribution in [2.45, 2.75) is 25.3 Å². The summed E-state index contributed by atoms with van der Waals surface area (Å²) < 4.78 is 2.21. The van der Waals surface area contributed by atoms with Crippen LogP contribution in [0.1, 0.15) is 30.8 Å². The summed E-state index contributed by atoms with van der Waals surface area (Å²) >= 11 is 12.3. The van der Waals surface area contributed by atoms with Gasteiger partial charge >= 0.3 is 0 Å². The highest BCUT2D eigenvalue weighted by Crippen LogP contribution is 2.30. The molecular formula is C17H16Cl2N2. The van der Waals surface area contributed by atoms with E-state index in [0.29, 0.717) is 10.9 Å². The Balaban J connectivity index is 2.23. The molecule has 2 nitrogen and oxygen atoms in total. The third-order valence-electron chi connectivity index (χ3n) is 3.73. The van der Waals surface area contributed by atoms with Crippen LogP contribution in [0, 0.1) is 0 Å². The zero-order valence-corrected chi connectivity index (χ0v) is 13.3. The van der Waals surface area contributed by atoms with Crippen molar-refractivity contribution in [1.82, 2.24) is 9.55 Å². The van der Waals surface area contributed by atoms with Gasteiger partial charge in [0.25, 0.3) is 0 Å². The van der Waals surface area contributed by atoms with Crippen molar-refractivity contribution in [2.24, 2.45) is 0 Å². The van der Waals surface area contributed by atoms with Gasteiger partial charge in [-0.25, -0.2) is 4.98 Å². The third kappa shape index (κ3) is 2.66. The first kappa shape index (κ1) is 14.4. The molecule has 0 N–H and O–H groups in total. The number of alkyl halides is 1. The van der Waals surface area contributed by atoms with E-state index >= 15 is 0 Å². The lowest BCUT2D eigenvalue weighted by molar-refractivity contribution is 0.565. The molecule has 1 aromatic heterocycles. The molecule has 0 bridgehead atoms. The average molecular weight is 319 g/mol. The van der Waals surface area contributed by atoms with Crippen molar-refractivity contribution >= 4 is 34.2 Å². The fraction of sp³-hybridized carbons (Fsp3) is 0.235. The van der Waals surface area contributed by atoms with E-state index in [0.717, 1.165) is 23.3 Å². The molecule has 2 aromatic carbocycles. The van der Waals surface area contributed by atoms with Crippen molar-refractivity contribution in [2.75, 3.05) is 0 Å². The first-order valence-electron chi connectivity index (χ1n) is 7.02. The van der Waals surface area contributed by atoms with Gasteiger partial charge in [-0.05, 0) is 30.2 Å². The highest BCUT2D eigenvalue weighted by Gasteiger charge is 2.19. The molecule has 0 aliphatic rings. The SMILES string of the molecule is CCC(c1ccccc1)n1c(CCl)nc2ccc(Cl)cc21. The number of aromatic nitrogens is 2. The molecule has 21 heavy (non-hydrogen) atoms. The summed E-state index contributed by atoms with van der Waals surface area (Å²) in [5.74, 6) is 1.26. The topological polar surface area (TPSA) is 17.8 Å². The van der Waals surface area contributed by atoms with Crippen molar-refractivity contribution in [1.29, 1.82) is 0 Å². The van der Waals surface area contributed by atoms with Gasteiger partial charge in [-0.15, -0.1) is 11.6 Å². The number of halogens is 2. The molecule has 3 rings (SSSR count). The second-order valence-corrected chi connectivity index (χ2v) is 5.70. The minimum atomic E-state index is 0.211. The third-order valence-corrected chi connectivity index (χ3v) is 4.20. The lowest BCUT2D eigenvalue weighted by Crippen LogP contribution is -2.12. The summed E-state index contributed by atoms with van der Waals surface area (Å²) in [6, 6.07) is 16.4. The first-order chi connectivity index (χ1) is 10.2. The zero-order valence-electron chi connectivity index (χ0n) is 11.8. The van der Waals surface area contributed by atoms with Crippen LogP contribution in [0.25, 0.3) is 11.0 Å². The van der Waals surface area contributed by atoms with Crippen molar-refractivity contribution in [3.8, 4) is 0 Å². The molecule has 108 valence electrons. The minimum absolute atomic E-state index is 0.211. The van der Waals surface area contributed by atoms with E-state index in [1.54, 1.807) is 0 Å². The fourth-order valence-corrected chi connectivity index (χ4v) is 3.16. The Bertz CT molecular complexity index is 750. The van der Waals surface area contributed by atoms with Gasteiger partial charge in [-0.1, -0.05) is 48.9 Å². The summed E-state index contributed by atoms with van der Waals surface area (Å²) in [7, 11) is 0. The molecule has 0 saturated carbocycles. The van der Waals surface area contributed by atoms with E-state index in [1.165, 1.54) is 5.56 Å². The second-order valence-electron chi connectivity index (χ2n) is 5.00. The van der Waals surface area contributed by atoms with E-state index < -0.39 is 0 Å². The van der Waals surface area contributed by atoms with Crippen LogP contribution in [0.2, 0.25) is 5.02 Å². The molecule has 1 unspecified atom stereocenters. The minimum Gasteiger partial charge on any atom is -0.319 e. The Morgan fingerprint density at radius 1 is 1.14 bits per heavy atom. The largest absolute Gasteiger partial charge is 0.319 e. The molecule has 0 fully saturated rings. The number of fused-ring (bicyclic) bond motifs is 1. The van der Waals surface area contributed by atoms with Crippen LogP contribution in [0.15, 0.2) is 48.5 Å². The van der Waals surface area contributed by atoms with E-state index in [-0.39, 0.29) is 6.04 Å². The summed E-state index contributed by atoms with van der Waals surface area (Å²) in [6.07, 6.45) is 0.964. The van der Waals surface area contributed by atoms with Gasteiger partial charge in [-0.2, -0.15) is 0 Å². The van der Waals surface area contributed by atoms with E-state index in [1.807, 2.05) is 24.3 Å². The monoisotopic (exact) mass is 318 g/mol. The van der Waals surface area contributed by atoms with Crippen molar-refractivity contribution < 1.29 is 0 Å². The predicted octanol–water partition coefficient (Wildman–Crippen LogP) is 5.43. The lowest BCUT2D eigenvalue weighted by Gasteiger charge is -2.20. The molecule has 0 aliphatic carbocycles. The number of rotatable bonds is 4. The Kier molecular flexibility index (Phi) is 4.18. The number of hydrogen-bond donors (Lipinski definition) is 0. The normalized spacial score (nSPS) is 12.7. The van der Waals surface area contributed by atoms with Gasteiger partial charge in [0, 0.05) is 5.02 Å². The van der Waals surface area contributed by atoms with Crippen LogP contribution in [0.4, 0.5) is 0 Å². The van der Waals surface area contributed by atoms with Crippen LogP contribution < -0.4 is 0 Å². The van der Waals surface area contributed by atoms with Gasteiger partial charge in [-0.3, -0.25) is 0 Å². The van der Waals surface area contributed by atoms with E-state index in [2.05, 4.69) is 40.7 Å². The Morgan fingerprint density at radius 2 is 1.90 bits per heavy atom. The predicted molar refractivity (Wildman–Crippen MR) is 89.2 cm³/mol. The van der Waals surface area contributed by atoms with Crippen LogP contribution in [0.5, 0.6) is 0 Å². The smallest absolute Gasteiger partial charge is 0.125 e. The number of hydrogen-bond acceptors (Lipinski definition) is 1. The number of nitrogens with zero attached hydrogens (tertiary/aromatic N) is 2. The Hall–Kier alpha value is -1.51. The number of imidazole rings is 1. The molecule has 0 spiro atoms.